The van der Waals surface area contributed by atoms with Gasteiger partial charge in [0, 0.05) is 5.56 Å². The van der Waals surface area contributed by atoms with Crippen molar-refractivity contribution in [3.63, 3.8) is 0 Å². The number of fused-ring (bicyclic) bond motifs is 1. The maximum Gasteiger partial charge on any atom is 0.351 e. The number of para-hydroxylation sites is 2. The number of rotatable bonds is 5. The standard InChI is InChI=1S/C20H18N2O6/c1-12(18-21-22-19(28-18)13-7-9-14(24-2)10-8-13)26-20(23)17-11-25-15-5-3-4-6-16(15)27-17/h3-10,12,17H,11H2,1-2H3/t12-,17-/m0/s1. The van der Waals surface area contributed by atoms with Crippen LogP contribution in [-0.4, -0.2) is 36.0 Å². The Morgan fingerprint density at radius 2 is 1.86 bits per heavy atom. The fraction of sp³-hybridized carbons (Fsp3) is 0.250. The van der Waals surface area contributed by atoms with Crippen LogP contribution < -0.4 is 14.2 Å². The van der Waals surface area contributed by atoms with Crippen LogP contribution in [0.4, 0.5) is 0 Å². The Morgan fingerprint density at radius 1 is 1.11 bits per heavy atom. The van der Waals surface area contributed by atoms with Crippen molar-refractivity contribution in [3.8, 4) is 28.7 Å². The molecule has 0 spiro atoms. The van der Waals surface area contributed by atoms with Gasteiger partial charge in [0.05, 0.1) is 7.11 Å². The van der Waals surface area contributed by atoms with Gasteiger partial charge in [-0.25, -0.2) is 4.79 Å². The Kier molecular flexibility index (Phi) is 4.84. The Balaban J connectivity index is 1.40. The summed E-state index contributed by atoms with van der Waals surface area (Å²) in [6.45, 7) is 1.73. The first kappa shape index (κ1) is 17.8. The fourth-order valence-electron chi connectivity index (χ4n) is 2.69. The van der Waals surface area contributed by atoms with E-state index in [0.29, 0.717) is 17.4 Å². The summed E-state index contributed by atoms with van der Waals surface area (Å²) in [6.07, 6.45) is -1.59. The molecule has 0 saturated heterocycles. The van der Waals surface area contributed by atoms with Gasteiger partial charge in [0.15, 0.2) is 17.6 Å². The topological polar surface area (TPSA) is 92.9 Å². The molecule has 2 atom stereocenters. The van der Waals surface area contributed by atoms with Gasteiger partial charge in [0.25, 0.3) is 5.89 Å². The van der Waals surface area contributed by atoms with Gasteiger partial charge < -0.3 is 23.4 Å². The van der Waals surface area contributed by atoms with Gasteiger partial charge in [0.2, 0.25) is 12.0 Å². The molecule has 1 aliphatic heterocycles. The van der Waals surface area contributed by atoms with Crippen molar-refractivity contribution in [1.29, 1.82) is 0 Å². The van der Waals surface area contributed by atoms with Crippen molar-refractivity contribution >= 4 is 5.97 Å². The van der Waals surface area contributed by atoms with E-state index in [1.54, 1.807) is 56.5 Å². The highest BCUT2D eigenvalue weighted by atomic mass is 16.6. The predicted molar refractivity (Wildman–Crippen MR) is 97.1 cm³/mol. The van der Waals surface area contributed by atoms with Crippen LogP contribution in [0.15, 0.2) is 52.9 Å². The summed E-state index contributed by atoms with van der Waals surface area (Å²) in [5.41, 5.74) is 0.735. The number of carbonyl (C=O) groups is 1. The third-order valence-electron chi connectivity index (χ3n) is 4.19. The summed E-state index contributed by atoms with van der Waals surface area (Å²) in [5.74, 6) is 1.78. The van der Waals surface area contributed by atoms with E-state index in [-0.39, 0.29) is 12.5 Å². The fourth-order valence-corrected chi connectivity index (χ4v) is 2.69. The van der Waals surface area contributed by atoms with Crippen LogP contribution in [0.2, 0.25) is 0 Å². The number of ether oxygens (including phenoxy) is 4. The van der Waals surface area contributed by atoms with Crippen molar-refractivity contribution in [2.75, 3.05) is 13.7 Å². The zero-order chi connectivity index (χ0) is 19.5. The van der Waals surface area contributed by atoms with Crippen molar-refractivity contribution in [3.05, 3.63) is 54.4 Å². The average Bonchev–Trinajstić information content (AvgIpc) is 3.24. The average molecular weight is 382 g/mol. The smallest absolute Gasteiger partial charge is 0.351 e. The first-order valence-electron chi connectivity index (χ1n) is 8.71. The summed E-state index contributed by atoms with van der Waals surface area (Å²) in [7, 11) is 1.59. The molecule has 0 fully saturated rings. The number of esters is 1. The molecule has 0 saturated carbocycles. The molecule has 4 rings (SSSR count). The minimum absolute atomic E-state index is 0.0729. The zero-order valence-corrected chi connectivity index (χ0v) is 15.3. The first-order valence-corrected chi connectivity index (χ1v) is 8.71. The second kappa shape index (κ2) is 7.59. The zero-order valence-electron chi connectivity index (χ0n) is 15.3. The molecule has 0 amide bonds. The second-order valence-electron chi connectivity index (χ2n) is 6.12. The summed E-state index contributed by atoms with van der Waals surface area (Å²) in [4.78, 5) is 12.4. The molecule has 1 aliphatic rings. The SMILES string of the molecule is COc1ccc(-c2nnc([C@H](C)OC(=O)[C@@H]3COc4ccccc4O3)o2)cc1. The number of hydrogen-bond acceptors (Lipinski definition) is 8. The van der Waals surface area contributed by atoms with Crippen LogP contribution in [-0.2, 0) is 9.53 Å². The summed E-state index contributed by atoms with van der Waals surface area (Å²) < 4.78 is 27.4. The minimum Gasteiger partial charge on any atom is -0.497 e. The summed E-state index contributed by atoms with van der Waals surface area (Å²) >= 11 is 0. The molecule has 8 nitrogen and oxygen atoms in total. The van der Waals surface area contributed by atoms with Crippen molar-refractivity contribution < 1.29 is 28.2 Å². The molecule has 0 radical (unpaired) electrons. The van der Waals surface area contributed by atoms with Crippen LogP contribution in [0.5, 0.6) is 17.2 Å². The third-order valence-corrected chi connectivity index (χ3v) is 4.19. The molecule has 3 aromatic rings. The van der Waals surface area contributed by atoms with Crippen LogP contribution in [0, 0.1) is 0 Å². The quantitative estimate of drug-likeness (QED) is 0.621. The molecule has 0 unspecified atom stereocenters. The number of carbonyl (C=O) groups excluding carboxylic acids is 1. The maximum atomic E-state index is 12.4. The third kappa shape index (κ3) is 3.62. The molecule has 144 valence electrons. The van der Waals surface area contributed by atoms with Gasteiger partial charge in [-0.2, -0.15) is 0 Å². The van der Waals surface area contributed by atoms with E-state index in [9.17, 15) is 4.79 Å². The lowest BCUT2D eigenvalue weighted by atomic mass is 10.2. The molecule has 8 heteroatoms. The second-order valence-corrected chi connectivity index (χ2v) is 6.12. The summed E-state index contributed by atoms with van der Waals surface area (Å²) in [5, 5.41) is 7.98. The Morgan fingerprint density at radius 3 is 2.61 bits per heavy atom. The predicted octanol–water partition coefficient (Wildman–Crippen LogP) is 3.19. The minimum atomic E-state index is -0.860. The lowest BCUT2D eigenvalue weighted by molar-refractivity contribution is -0.160. The highest BCUT2D eigenvalue weighted by molar-refractivity contribution is 5.76. The van der Waals surface area contributed by atoms with Crippen LogP contribution in [0.1, 0.15) is 18.9 Å². The van der Waals surface area contributed by atoms with Gasteiger partial charge >= 0.3 is 5.97 Å². The molecule has 0 aliphatic carbocycles. The summed E-state index contributed by atoms with van der Waals surface area (Å²) in [6, 6.07) is 14.3. The molecule has 0 N–H and O–H groups in total. The normalized spacial score (nSPS) is 16.3. The van der Waals surface area contributed by atoms with E-state index in [1.807, 2.05) is 6.07 Å². The molecular weight excluding hydrogens is 364 g/mol. The largest absolute Gasteiger partial charge is 0.497 e. The van der Waals surface area contributed by atoms with Crippen LogP contribution in [0.3, 0.4) is 0 Å². The number of nitrogens with zero attached hydrogens (tertiary/aromatic N) is 2. The number of hydrogen-bond donors (Lipinski definition) is 0. The first-order chi connectivity index (χ1) is 13.6. The molecule has 1 aromatic heterocycles. The molecule has 2 aromatic carbocycles. The van der Waals surface area contributed by atoms with E-state index >= 15 is 0 Å². The van der Waals surface area contributed by atoms with E-state index < -0.39 is 18.2 Å². The van der Waals surface area contributed by atoms with Gasteiger partial charge in [-0.3, -0.25) is 0 Å². The van der Waals surface area contributed by atoms with E-state index in [0.717, 1.165) is 11.3 Å². The van der Waals surface area contributed by atoms with Gasteiger partial charge in [-0.05, 0) is 43.3 Å². The maximum absolute atomic E-state index is 12.4. The van der Waals surface area contributed by atoms with Crippen molar-refractivity contribution in [2.45, 2.75) is 19.1 Å². The van der Waals surface area contributed by atoms with E-state index in [4.69, 9.17) is 23.4 Å². The van der Waals surface area contributed by atoms with Gasteiger partial charge in [-0.15, -0.1) is 10.2 Å². The monoisotopic (exact) mass is 382 g/mol. The molecule has 2 heterocycles. The van der Waals surface area contributed by atoms with E-state index in [2.05, 4.69) is 10.2 Å². The Hall–Kier alpha value is -3.55. The lowest BCUT2D eigenvalue weighted by Crippen LogP contribution is -2.38. The molecular formula is C20H18N2O6. The molecule has 0 bridgehead atoms. The number of methoxy groups -OCH3 is 1. The van der Waals surface area contributed by atoms with Gasteiger partial charge in [-0.1, -0.05) is 12.1 Å². The van der Waals surface area contributed by atoms with Crippen molar-refractivity contribution in [2.24, 2.45) is 0 Å². The van der Waals surface area contributed by atoms with Gasteiger partial charge in [0.1, 0.15) is 12.4 Å². The Bertz CT molecular complexity index is 969. The highest BCUT2D eigenvalue weighted by Crippen LogP contribution is 2.32. The lowest BCUT2D eigenvalue weighted by Gasteiger charge is -2.25. The van der Waals surface area contributed by atoms with E-state index in [1.165, 1.54) is 0 Å². The number of aromatic nitrogens is 2. The van der Waals surface area contributed by atoms with Crippen LogP contribution in [0.25, 0.3) is 11.5 Å². The molecule has 28 heavy (non-hydrogen) atoms. The highest BCUT2D eigenvalue weighted by Gasteiger charge is 2.31. The van der Waals surface area contributed by atoms with Crippen LogP contribution >= 0.6 is 0 Å². The Labute approximate surface area is 161 Å². The van der Waals surface area contributed by atoms with Crippen molar-refractivity contribution in [1.82, 2.24) is 10.2 Å². The number of benzene rings is 2.